The standard InChI is InChI=1S/C14H13FN2O2S/c1-9-13(8-20-14(9)17(18)19)16-5-4-10-6-12(15)3-2-11(10)7-16/h2-3,6,8H,4-5,7H2,1H3. The Kier molecular flexibility index (Phi) is 3.17. The van der Waals surface area contributed by atoms with Crippen LogP contribution in [-0.4, -0.2) is 11.5 Å². The molecule has 0 N–H and O–H groups in total. The third kappa shape index (κ3) is 2.16. The summed E-state index contributed by atoms with van der Waals surface area (Å²) in [6.07, 6.45) is 0.760. The van der Waals surface area contributed by atoms with Gasteiger partial charge < -0.3 is 4.90 Å². The molecule has 0 saturated heterocycles. The molecule has 2 heterocycles. The lowest BCUT2D eigenvalue weighted by molar-refractivity contribution is -0.380. The summed E-state index contributed by atoms with van der Waals surface area (Å²) in [5.41, 5.74) is 3.75. The maximum atomic E-state index is 13.2. The van der Waals surface area contributed by atoms with Crippen LogP contribution >= 0.6 is 11.3 Å². The summed E-state index contributed by atoms with van der Waals surface area (Å²) in [5.74, 6) is -0.209. The van der Waals surface area contributed by atoms with E-state index in [9.17, 15) is 14.5 Å². The highest BCUT2D eigenvalue weighted by molar-refractivity contribution is 7.14. The lowest BCUT2D eigenvalue weighted by atomic mass is 9.99. The van der Waals surface area contributed by atoms with Crippen molar-refractivity contribution in [3.8, 4) is 0 Å². The second-order valence-corrected chi connectivity index (χ2v) is 5.75. The topological polar surface area (TPSA) is 46.4 Å². The molecule has 0 radical (unpaired) electrons. The van der Waals surface area contributed by atoms with Crippen LogP contribution in [0.3, 0.4) is 0 Å². The van der Waals surface area contributed by atoms with E-state index in [1.54, 1.807) is 19.1 Å². The van der Waals surface area contributed by atoms with Crippen molar-refractivity contribution in [3.63, 3.8) is 0 Å². The van der Waals surface area contributed by atoms with Gasteiger partial charge in [0.2, 0.25) is 0 Å². The van der Waals surface area contributed by atoms with Gasteiger partial charge in [-0.1, -0.05) is 17.4 Å². The molecule has 2 aromatic rings. The lowest BCUT2D eigenvalue weighted by Crippen LogP contribution is -2.30. The molecule has 1 aliphatic heterocycles. The van der Waals surface area contributed by atoms with Crippen molar-refractivity contribution in [3.05, 3.63) is 56.2 Å². The van der Waals surface area contributed by atoms with Gasteiger partial charge >= 0.3 is 5.00 Å². The van der Waals surface area contributed by atoms with Crippen molar-refractivity contribution >= 4 is 22.0 Å². The van der Waals surface area contributed by atoms with E-state index in [-0.39, 0.29) is 15.7 Å². The summed E-state index contributed by atoms with van der Waals surface area (Å²) < 4.78 is 13.2. The fraction of sp³-hybridized carbons (Fsp3) is 0.286. The zero-order valence-electron chi connectivity index (χ0n) is 10.9. The number of rotatable bonds is 2. The zero-order valence-corrected chi connectivity index (χ0v) is 11.7. The van der Waals surface area contributed by atoms with Crippen molar-refractivity contribution in [2.24, 2.45) is 0 Å². The van der Waals surface area contributed by atoms with Crippen molar-refractivity contribution in [1.29, 1.82) is 0 Å². The Labute approximate surface area is 119 Å². The van der Waals surface area contributed by atoms with Crippen LogP contribution in [0, 0.1) is 22.9 Å². The number of hydrogen-bond donors (Lipinski definition) is 0. The number of halogens is 1. The fourth-order valence-electron chi connectivity index (χ4n) is 2.62. The minimum atomic E-state index is -0.337. The number of nitrogens with zero attached hydrogens (tertiary/aromatic N) is 2. The molecule has 0 aliphatic carbocycles. The van der Waals surface area contributed by atoms with E-state index in [1.807, 2.05) is 5.38 Å². The second-order valence-electron chi connectivity index (χ2n) is 4.89. The average Bonchev–Trinajstić information content (AvgIpc) is 2.80. The maximum Gasteiger partial charge on any atom is 0.329 e. The van der Waals surface area contributed by atoms with E-state index in [0.717, 1.165) is 41.1 Å². The van der Waals surface area contributed by atoms with Gasteiger partial charge in [0.15, 0.2) is 0 Å². The summed E-state index contributed by atoms with van der Waals surface area (Å²) in [4.78, 5) is 12.7. The third-order valence-electron chi connectivity index (χ3n) is 3.67. The van der Waals surface area contributed by atoms with Crippen LogP contribution in [0.1, 0.15) is 16.7 Å². The first kappa shape index (κ1) is 13.1. The Bertz CT molecular complexity index is 684. The first-order valence-electron chi connectivity index (χ1n) is 6.31. The van der Waals surface area contributed by atoms with Gasteiger partial charge in [-0.3, -0.25) is 10.1 Å². The molecule has 0 spiro atoms. The van der Waals surface area contributed by atoms with Gasteiger partial charge in [0.05, 0.1) is 16.2 Å². The molecule has 0 fully saturated rings. The Balaban J connectivity index is 1.90. The number of anilines is 1. The Hall–Kier alpha value is -1.95. The number of fused-ring (bicyclic) bond motifs is 1. The Morgan fingerprint density at radius 2 is 2.20 bits per heavy atom. The van der Waals surface area contributed by atoms with Gasteiger partial charge in [-0.15, -0.1) is 0 Å². The molecule has 1 aromatic heterocycles. The molecule has 0 atom stereocenters. The fourth-order valence-corrected chi connectivity index (χ4v) is 3.53. The second kappa shape index (κ2) is 4.86. The molecule has 0 unspecified atom stereocenters. The number of benzene rings is 1. The Morgan fingerprint density at radius 3 is 2.90 bits per heavy atom. The maximum absolute atomic E-state index is 13.2. The summed E-state index contributed by atoms with van der Waals surface area (Å²) in [5, 5.41) is 12.9. The zero-order chi connectivity index (χ0) is 14.3. The average molecular weight is 292 g/mol. The number of thiophene rings is 1. The molecule has 1 aliphatic rings. The molecular weight excluding hydrogens is 279 g/mol. The summed E-state index contributed by atoms with van der Waals surface area (Å²) >= 11 is 1.16. The first-order chi connectivity index (χ1) is 9.56. The predicted octanol–water partition coefficient (Wildman–Crippen LogP) is 3.67. The highest BCUT2D eigenvalue weighted by atomic mass is 32.1. The van der Waals surface area contributed by atoms with Crippen LogP contribution in [0.4, 0.5) is 15.1 Å². The SMILES string of the molecule is Cc1c(N2CCc3cc(F)ccc3C2)csc1[N+](=O)[O-]. The molecular formula is C14H13FN2O2S. The molecule has 6 heteroatoms. The van der Waals surface area contributed by atoms with Gasteiger partial charge in [0.1, 0.15) is 5.82 Å². The predicted molar refractivity (Wildman–Crippen MR) is 76.9 cm³/mol. The summed E-state index contributed by atoms with van der Waals surface area (Å²) in [6, 6.07) is 4.84. The summed E-state index contributed by atoms with van der Waals surface area (Å²) in [6.45, 7) is 3.21. The van der Waals surface area contributed by atoms with Gasteiger partial charge in [0, 0.05) is 18.5 Å². The smallest absolute Gasteiger partial charge is 0.329 e. The van der Waals surface area contributed by atoms with E-state index in [0.29, 0.717) is 12.1 Å². The van der Waals surface area contributed by atoms with E-state index >= 15 is 0 Å². The molecule has 1 aromatic carbocycles. The lowest BCUT2D eigenvalue weighted by Gasteiger charge is -2.30. The first-order valence-corrected chi connectivity index (χ1v) is 7.19. The van der Waals surface area contributed by atoms with Crippen LogP contribution in [0.25, 0.3) is 0 Å². The van der Waals surface area contributed by atoms with Crippen LogP contribution in [-0.2, 0) is 13.0 Å². The minimum absolute atomic E-state index is 0.199. The molecule has 0 bridgehead atoms. The molecule has 4 nitrogen and oxygen atoms in total. The highest BCUT2D eigenvalue weighted by Gasteiger charge is 2.24. The van der Waals surface area contributed by atoms with Gasteiger partial charge in [-0.25, -0.2) is 4.39 Å². The number of nitro groups is 1. The van der Waals surface area contributed by atoms with E-state index in [1.165, 1.54) is 6.07 Å². The van der Waals surface area contributed by atoms with E-state index < -0.39 is 0 Å². The normalized spacial score (nSPS) is 14.2. The molecule has 20 heavy (non-hydrogen) atoms. The van der Waals surface area contributed by atoms with Gasteiger partial charge in [-0.05, 0) is 36.6 Å². The Morgan fingerprint density at radius 1 is 1.40 bits per heavy atom. The van der Waals surface area contributed by atoms with Crippen LogP contribution < -0.4 is 4.90 Å². The van der Waals surface area contributed by atoms with Gasteiger partial charge in [-0.2, -0.15) is 0 Å². The number of hydrogen-bond acceptors (Lipinski definition) is 4. The monoisotopic (exact) mass is 292 g/mol. The molecule has 104 valence electrons. The van der Waals surface area contributed by atoms with Gasteiger partial charge in [0.25, 0.3) is 0 Å². The van der Waals surface area contributed by atoms with Crippen molar-refractivity contribution < 1.29 is 9.31 Å². The van der Waals surface area contributed by atoms with Crippen molar-refractivity contribution in [1.82, 2.24) is 0 Å². The van der Waals surface area contributed by atoms with Crippen LogP contribution in [0.2, 0.25) is 0 Å². The largest absolute Gasteiger partial charge is 0.366 e. The molecule has 3 rings (SSSR count). The van der Waals surface area contributed by atoms with Crippen molar-refractivity contribution in [2.75, 3.05) is 11.4 Å². The minimum Gasteiger partial charge on any atom is -0.366 e. The quantitative estimate of drug-likeness (QED) is 0.627. The summed E-state index contributed by atoms with van der Waals surface area (Å²) in [7, 11) is 0. The van der Waals surface area contributed by atoms with E-state index in [4.69, 9.17) is 0 Å². The van der Waals surface area contributed by atoms with Crippen LogP contribution in [0.5, 0.6) is 0 Å². The third-order valence-corrected chi connectivity index (χ3v) is 4.69. The molecule has 0 saturated carbocycles. The highest BCUT2D eigenvalue weighted by Crippen LogP contribution is 2.37. The molecule has 0 amide bonds. The van der Waals surface area contributed by atoms with Crippen LogP contribution in [0.15, 0.2) is 23.6 Å². The van der Waals surface area contributed by atoms with Crippen molar-refractivity contribution in [2.45, 2.75) is 19.9 Å². The van der Waals surface area contributed by atoms with E-state index in [2.05, 4.69) is 4.90 Å².